The third-order valence-electron chi connectivity index (χ3n) is 2.97. The van der Waals surface area contributed by atoms with Gasteiger partial charge in [-0.25, -0.2) is 4.79 Å². The van der Waals surface area contributed by atoms with Gasteiger partial charge in [-0.15, -0.1) is 0 Å². The summed E-state index contributed by atoms with van der Waals surface area (Å²) in [6, 6.07) is 7.08. The lowest BCUT2D eigenvalue weighted by Gasteiger charge is -2.23. The van der Waals surface area contributed by atoms with Crippen LogP contribution < -0.4 is 10.6 Å². The van der Waals surface area contributed by atoms with E-state index in [-0.39, 0.29) is 6.42 Å². The van der Waals surface area contributed by atoms with Crippen molar-refractivity contribution >= 4 is 18.3 Å². The second-order valence-electron chi connectivity index (χ2n) is 4.59. The van der Waals surface area contributed by atoms with Gasteiger partial charge in [0.1, 0.15) is 6.04 Å². The molecule has 0 fully saturated rings. The number of rotatable bonds is 8. The van der Waals surface area contributed by atoms with E-state index in [4.69, 9.17) is 5.11 Å². The van der Waals surface area contributed by atoms with Gasteiger partial charge in [0.25, 0.3) is 0 Å². The molecule has 4 N–H and O–H groups in total. The molecule has 0 spiro atoms. The Morgan fingerprint density at radius 1 is 1.29 bits per heavy atom. The summed E-state index contributed by atoms with van der Waals surface area (Å²) in [6.45, 7) is 1.45. The number of carbonyl (C=O) groups is 3. The Kier molecular flexibility index (Phi) is 6.35. The van der Waals surface area contributed by atoms with Crippen LogP contribution in [0.4, 0.5) is 0 Å². The van der Waals surface area contributed by atoms with Crippen molar-refractivity contribution in [3.8, 4) is 0 Å². The average Bonchev–Trinajstić information content (AvgIpc) is 2.46. The Morgan fingerprint density at radius 2 is 1.90 bits per heavy atom. The van der Waals surface area contributed by atoms with E-state index < -0.39 is 30.1 Å². The molecule has 1 aromatic carbocycles. The van der Waals surface area contributed by atoms with E-state index in [9.17, 15) is 19.5 Å². The molecular weight excluding hydrogens is 276 g/mol. The van der Waals surface area contributed by atoms with E-state index in [1.54, 1.807) is 30.3 Å². The first-order valence-electron chi connectivity index (χ1n) is 6.40. The fraction of sp³-hybridized carbons (Fsp3) is 0.357. The molecule has 0 heterocycles. The number of aliphatic hydroxyl groups excluding tert-OH is 1. The highest BCUT2D eigenvalue weighted by Gasteiger charge is 2.28. The zero-order chi connectivity index (χ0) is 15.8. The van der Waals surface area contributed by atoms with Crippen LogP contribution >= 0.6 is 0 Å². The quantitative estimate of drug-likeness (QED) is 0.473. The SMILES string of the molecule is C[C@@H](NC=O)C(=O)N[C@H](Cc1ccccc1)[C@H](O)C(=O)O. The third kappa shape index (κ3) is 5.23. The first-order chi connectivity index (χ1) is 9.95. The van der Waals surface area contributed by atoms with E-state index in [2.05, 4.69) is 10.6 Å². The van der Waals surface area contributed by atoms with Gasteiger partial charge in [0.2, 0.25) is 12.3 Å². The largest absolute Gasteiger partial charge is 0.479 e. The number of hydrogen-bond donors (Lipinski definition) is 4. The van der Waals surface area contributed by atoms with Gasteiger partial charge in [-0.1, -0.05) is 30.3 Å². The van der Waals surface area contributed by atoms with Crippen molar-refractivity contribution in [3.63, 3.8) is 0 Å². The summed E-state index contributed by atoms with van der Waals surface area (Å²) in [5, 5.41) is 23.3. The minimum Gasteiger partial charge on any atom is -0.479 e. The van der Waals surface area contributed by atoms with Crippen LogP contribution in [0, 0.1) is 0 Å². The molecule has 114 valence electrons. The van der Waals surface area contributed by atoms with Gasteiger partial charge in [-0.05, 0) is 18.9 Å². The number of carboxylic acids is 1. The number of nitrogens with one attached hydrogen (secondary N) is 2. The van der Waals surface area contributed by atoms with Gasteiger partial charge in [-0.3, -0.25) is 9.59 Å². The Bertz CT molecular complexity index is 491. The van der Waals surface area contributed by atoms with Gasteiger partial charge in [0, 0.05) is 0 Å². The molecule has 1 aromatic rings. The van der Waals surface area contributed by atoms with Crippen molar-refractivity contribution in [2.24, 2.45) is 0 Å². The van der Waals surface area contributed by atoms with Crippen molar-refractivity contribution in [2.45, 2.75) is 31.5 Å². The molecule has 3 atom stereocenters. The minimum absolute atomic E-state index is 0.161. The molecule has 0 unspecified atom stereocenters. The van der Waals surface area contributed by atoms with E-state index >= 15 is 0 Å². The molecule has 0 aliphatic rings. The highest BCUT2D eigenvalue weighted by atomic mass is 16.4. The number of aliphatic carboxylic acids is 1. The smallest absolute Gasteiger partial charge is 0.334 e. The minimum atomic E-state index is -1.74. The molecule has 0 bridgehead atoms. The molecule has 0 radical (unpaired) electrons. The maximum atomic E-state index is 11.8. The summed E-state index contributed by atoms with van der Waals surface area (Å²) in [5.41, 5.74) is 0.777. The Labute approximate surface area is 122 Å². The molecule has 0 saturated heterocycles. The highest BCUT2D eigenvalue weighted by molar-refractivity contribution is 5.84. The van der Waals surface area contributed by atoms with Crippen LogP contribution in [0.2, 0.25) is 0 Å². The lowest BCUT2D eigenvalue weighted by Crippen LogP contribution is -2.53. The van der Waals surface area contributed by atoms with E-state index in [1.807, 2.05) is 0 Å². The average molecular weight is 294 g/mol. The standard InChI is InChI=1S/C14H18N2O5/c1-9(15-8-17)13(19)16-11(12(18)14(20)21)7-10-5-3-2-4-6-10/h2-6,8-9,11-12,18H,7H2,1H3,(H,15,17)(H,16,19)(H,20,21)/t9-,11-,12+/m1/s1. The van der Waals surface area contributed by atoms with Crippen LogP contribution in [0.25, 0.3) is 0 Å². The zero-order valence-corrected chi connectivity index (χ0v) is 11.5. The monoisotopic (exact) mass is 294 g/mol. The predicted octanol–water partition coefficient (Wildman–Crippen LogP) is -0.706. The Balaban J connectivity index is 2.80. The number of amides is 2. The van der Waals surface area contributed by atoms with Gasteiger partial charge in [0.05, 0.1) is 6.04 Å². The fourth-order valence-electron chi connectivity index (χ4n) is 1.77. The lowest BCUT2D eigenvalue weighted by atomic mass is 10.0. The van der Waals surface area contributed by atoms with Crippen LogP contribution in [0.3, 0.4) is 0 Å². The normalized spacial score (nSPS) is 14.6. The van der Waals surface area contributed by atoms with Crippen molar-refractivity contribution in [3.05, 3.63) is 35.9 Å². The molecular formula is C14H18N2O5. The number of benzene rings is 1. The number of aliphatic hydroxyl groups is 1. The van der Waals surface area contributed by atoms with E-state index in [0.717, 1.165) is 5.56 Å². The molecule has 21 heavy (non-hydrogen) atoms. The maximum Gasteiger partial charge on any atom is 0.334 e. The van der Waals surface area contributed by atoms with Gasteiger partial charge >= 0.3 is 5.97 Å². The zero-order valence-electron chi connectivity index (χ0n) is 11.5. The van der Waals surface area contributed by atoms with Crippen molar-refractivity contribution in [1.82, 2.24) is 10.6 Å². The maximum absolute atomic E-state index is 11.8. The highest BCUT2D eigenvalue weighted by Crippen LogP contribution is 2.07. The van der Waals surface area contributed by atoms with Gasteiger partial charge < -0.3 is 20.8 Å². The molecule has 0 aliphatic heterocycles. The summed E-state index contributed by atoms with van der Waals surface area (Å²) in [7, 11) is 0. The molecule has 0 saturated carbocycles. The summed E-state index contributed by atoms with van der Waals surface area (Å²) >= 11 is 0. The first kappa shape index (κ1) is 16.6. The fourth-order valence-corrected chi connectivity index (χ4v) is 1.77. The molecule has 2 amide bonds. The van der Waals surface area contributed by atoms with Crippen LogP contribution in [0.1, 0.15) is 12.5 Å². The second kappa shape index (κ2) is 8.01. The topological polar surface area (TPSA) is 116 Å². The Morgan fingerprint density at radius 3 is 2.43 bits per heavy atom. The third-order valence-corrected chi connectivity index (χ3v) is 2.97. The molecule has 0 aliphatic carbocycles. The number of carboxylic acid groups (broad SMARTS) is 1. The predicted molar refractivity (Wildman–Crippen MR) is 74.4 cm³/mol. The summed E-state index contributed by atoms with van der Waals surface area (Å²) in [4.78, 5) is 33.1. The summed E-state index contributed by atoms with van der Waals surface area (Å²) in [5.74, 6) is -1.99. The number of carbonyl (C=O) groups excluding carboxylic acids is 2. The van der Waals surface area contributed by atoms with Crippen LogP contribution in [0.15, 0.2) is 30.3 Å². The van der Waals surface area contributed by atoms with Crippen LogP contribution in [-0.4, -0.2) is 46.7 Å². The van der Waals surface area contributed by atoms with E-state index in [0.29, 0.717) is 6.41 Å². The molecule has 7 heteroatoms. The van der Waals surface area contributed by atoms with Crippen LogP contribution in [0.5, 0.6) is 0 Å². The van der Waals surface area contributed by atoms with Crippen LogP contribution in [-0.2, 0) is 20.8 Å². The lowest BCUT2D eigenvalue weighted by molar-refractivity contribution is -0.148. The first-order valence-corrected chi connectivity index (χ1v) is 6.40. The van der Waals surface area contributed by atoms with Gasteiger partial charge in [0.15, 0.2) is 6.10 Å². The molecule has 0 aromatic heterocycles. The van der Waals surface area contributed by atoms with E-state index in [1.165, 1.54) is 6.92 Å². The van der Waals surface area contributed by atoms with Crippen molar-refractivity contribution < 1.29 is 24.6 Å². The van der Waals surface area contributed by atoms with Crippen molar-refractivity contribution in [1.29, 1.82) is 0 Å². The Hall–Kier alpha value is -2.41. The molecule has 7 nitrogen and oxygen atoms in total. The molecule has 1 rings (SSSR count). The van der Waals surface area contributed by atoms with Gasteiger partial charge in [-0.2, -0.15) is 0 Å². The van der Waals surface area contributed by atoms with Crippen molar-refractivity contribution in [2.75, 3.05) is 0 Å². The summed E-state index contributed by atoms with van der Waals surface area (Å²) in [6.07, 6.45) is -1.20. The number of hydrogen-bond acceptors (Lipinski definition) is 4. The second-order valence-corrected chi connectivity index (χ2v) is 4.59. The summed E-state index contributed by atoms with van der Waals surface area (Å²) < 4.78 is 0.